The Morgan fingerprint density at radius 3 is 2.65 bits per heavy atom. The monoisotopic (exact) mass is 373 g/mol. The third kappa shape index (κ3) is 4.09. The Morgan fingerprint density at radius 1 is 1.19 bits per heavy atom. The van der Waals surface area contributed by atoms with Gasteiger partial charge in [0.1, 0.15) is 5.82 Å². The van der Waals surface area contributed by atoms with E-state index in [1.165, 1.54) is 24.9 Å². The Labute approximate surface area is 151 Å². The fraction of sp³-hybridized carbons (Fsp3) is 0.188. The van der Waals surface area contributed by atoms with Gasteiger partial charge in [-0.2, -0.15) is 0 Å². The smallest absolute Gasteiger partial charge is 0.325 e. The number of thioether (sulfide) groups is 1. The molecule has 9 nitrogen and oxygen atoms in total. The predicted molar refractivity (Wildman–Crippen MR) is 94.6 cm³/mol. The molecule has 0 atom stereocenters. The van der Waals surface area contributed by atoms with E-state index < -0.39 is 11.2 Å². The molecular weight excluding hydrogens is 358 g/mol. The summed E-state index contributed by atoms with van der Waals surface area (Å²) < 4.78 is 6.42. The third-order valence-electron chi connectivity index (χ3n) is 3.43. The Hall–Kier alpha value is -3.14. The molecule has 0 unspecified atom stereocenters. The highest BCUT2D eigenvalue weighted by atomic mass is 32.2. The molecule has 0 aliphatic carbocycles. The number of carbonyl (C=O) groups is 1. The van der Waals surface area contributed by atoms with Crippen molar-refractivity contribution in [2.45, 2.75) is 11.6 Å². The summed E-state index contributed by atoms with van der Waals surface area (Å²) >= 11 is 1.19. The van der Waals surface area contributed by atoms with E-state index in [0.717, 1.165) is 5.69 Å². The topological polar surface area (TPSA) is 123 Å². The maximum absolute atomic E-state index is 11.5. The van der Waals surface area contributed by atoms with E-state index in [2.05, 4.69) is 24.9 Å². The van der Waals surface area contributed by atoms with Crippen LogP contribution in [0.3, 0.4) is 0 Å². The summed E-state index contributed by atoms with van der Waals surface area (Å²) in [7, 11) is 1.32. The van der Waals surface area contributed by atoms with Crippen molar-refractivity contribution in [2.24, 2.45) is 0 Å². The standard InChI is InChI=1S/C16H15N5O4S/c1-25-14(23)9-26-16-20-19-12(21(16)11-5-3-2-4-6-11)7-10-8-13(22)18-15(24)17-10/h2-6,8H,7,9H2,1H3,(H2,17,18,22,24). The molecule has 2 N–H and O–H groups in total. The van der Waals surface area contributed by atoms with Crippen LogP contribution in [0.2, 0.25) is 0 Å². The first-order chi connectivity index (χ1) is 12.6. The van der Waals surface area contributed by atoms with Gasteiger partial charge in [0.2, 0.25) is 0 Å². The van der Waals surface area contributed by atoms with Crippen LogP contribution in [0.5, 0.6) is 0 Å². The molecule has 0 saturated heterocycles. The van der Waals surface area contributed by atoms with Gasteiger partial charge in [0.25, 0.3) is 5.56 Å². The number of nitrogens with zero attached hydrogens (tertiary/aromatic N) is 3. The molecule has 134 valence electrons. The van der Waals surface area contributed by atoms with Gasteiger partial charge in [-0.25, -0.2) is 4.79 Å². The van der Waals surface area contributed by atoms with Crippen molar-refractivity contribution in [2.75, 3.05) is 12.9 Å². The minimum atomic E-state index is -0.585. The number of nitrogens with one attached hydrogen (secondary N) is 2. The highest BCUT2D eigenvalue weighted by Crippen LogP contribution is 2.23. The molecule has 26 heavy (non-hydrogen) atoms. The first-order valence-electron chi connectivity index (χ1n) is 7.58. The summed E-state index contributed by atoms with van der Waals surface area (Å²) in [6, 6.07) is 10.6. The first kappa shape index (κ1) is 17.7. The van der Waals surface area contributed by atoms with Gasteiger partial charge in [0.15, 0.2) is 5.16 Å². The Bertz CT molecular complexity index is 997. The molecular formula is C16H15N5O4S. The quantitative estimate of drug-likeness (QED) is 0.476. The number of benzene rings is 1. The van der Waals surface area contributed by atoms with E-state index in [1.54, 1.807) is 4.57 Å². The molecule has 0 saturated carbocycles. The highest BCUT2D eigenvalue weighted by Gasteiger charge is 2.16. The van der Waals surface area contributed by atoms with Gasteiger partial charge in [0.05, 0.1) is 12.9 Å². The van der Waals surface area contributed by atoms with Crippen LogP contribution in [0.15, 0.2) is 51.1 Å². The van der Waals surface area contributed by atoms with Gasteiger partial charge in [-0.1, -0.05) is 30.0 Å². The van der Waals surface area contributed by atoms with E-state index in [9.17, 15) is 14.4 Å². The summed E-state index contributed by atoms with van der Waals surface area (Å²) in [4.78, 5) is 39.1. The van der Waals surface area contributed by atoms with E-state index in [4.69, 9.17) is 0 Å². The van der Waals surface area contributed by atoms with Crippen molar-refractivity contribution in [3.63, 3.8) is 0 Å². The van der Waals surface area contributed by atoms with Gasteiger partial charge >= 0.3 is 11.7 Å². The van der Waals surface area contributed by atoms with Gasteiger partial charge in [0, 0.05) is 23.9 Å². The molecule has 2 aromatic heterocycles. The van der Waals surface area contributed by atoms with Crippen LogP contribution < -0.4 is 11.2 Å². The van der Waals surface area contributed by atoms with Crippen LogP contribution in [-0.4, -0.2) is 43.6 Å². The molecule has 0 bridgehead atoms. The molecule has 1 aromatic carbocycles. The van der Waals surface area contributed by atoms with E-state index in [-0.39, 0.29) is 18.1 Å². The normalized spacial score (nSPS) is 10.7. The van der Waals surface area contributed by atoms with Crippen LogP contribution in [0, 0.1) is 0 Å². The zero-order chi connectivity index (χ0) is 18.5. The second-order valence-electron chi connectivity index (χ2n) is 5.22. The minimum absolute atomic E-state index is 0.0866. The van der Waals surface area contributed by atoms with Crippen molar-refractivity contribution in [1.29, 1.82) is 0 Å². The highest BCUT2D eigenvalue weighted by molar-refractivity contribution is 7.99. The summed E-state index contributed by atoms with van der Waals surface area (Å²) in [5.41, 5.74) is 0.133. The number of hydrogen-bond donors (Lipinski definition) is 2. The fourth-order valence-electron chi connectivity index (χ4n) is 2.31. The number of para-hydroxylation sites is 1. The SMILES string of the molecule is COC(=O)CSc1nnc(Cc2cc(=O)[nH]c(=O)[nH]2)n1-c1ccccc1. The molecule has 0 aliphatic heterocycles. The number of aromatic nitrogens is 5. The number of carbonyl (C=O) groups excluding carboxylic acids is 1. The van der Waals surface area contributed by atoms with Crippen molar-refractivity contribution < 1.29 is 9.53 Å². The van der Waals surface area contributed by atoms with Crippen LogP contribution in [0.4, 0.5) is 0 Å². The molecule has 2 heterocycles. The summed E-state index contributed by atoms with van der Waals surface area (Å²) in [6.07, 6.45) is 0.194. The average molecular weight is 373 g/mol. The Kier molecular flexibility index (Phi) is 5.32. The lowest BCUT2D eigenvalue weighted by atomic mass is 10.2. The van der Waals surface area contributed by atoms with Crippen LogP contribution in [0.1, 0.15) is 11.5 Å². The summed E-state index contributed by atoms with van der Waals surface area (Å²) in [5.74, 6) is 0.228. The molecule has 0 radical (unpaired) electrons. The maximum Gasteiger partial charge on any atom is 0.325 e. The van der Waals surface area contributed by atoms with E-state index >= 15 is 0 Å². The summed E-state index contributed by atoms with van der Waals surface area (Å²) in [6.45, 7) is 0. The number of esters is 1. The van der Waals surface area contributed by atoms with Crippen LogP contribution >= 0.6 is 11.8 Å². The van der Waals surface area contributed by atoms with Gasteiger partial charge in [-0.05, 0) is 12.1 Å². The van der Waals surface area contributed by atoms with Crippen LogP contribution in [-0.2, 0) is 16.0 Å². The average Bonchev–Trinajstić information content (AvgIpc) is 3.02. The van der Waals surface area contributed by atoms with Crippen molar-refractivity contribution in [3.8, 4) is 5.69 Å². The third-order valence-corrected chi connectivity index (χ3v) is 4.33. The lowest BCUT2D eigenvalue weighted by Crippen LogP contribution is -2.23. The van der Waals surface area contributed by atoms with Gasteiger partial charge in [-0.15, -0.1) is 10.2 Å². The Morgan fingerprint density at radius 2 is 1.96 bits per heavy atom. The fourth-order valence-corrected chi connectivity index (χ4v) is 3.12. The zero-order valence-corrected chi connectivity index (χ0v) is 14.6. The second kappa shape index (κ2) is 7.83. The van der Waals surface area contributed by atoms with Gasteiger partial charge in [-0.3, -0.25) is 19.1 Å². The molecule has 0 spiro atoms. The second-order valence-corrected chi connectivity index (χ2v) is 6.17. The molecule has 10 heteroatoms. The van der Waals surface area contributed by atoms with E-state index in [0.29, 0.717) is 16.7 Å². The van der Waals surface area contributed by atoms with Crippen molar-refractivity contribution >= 4 is 17.7 Å². The molecule has 3 rings (SSSR count). The maximum atomic E-state index is 11.5. The van der Waals surface area contributed by atoms with Gasteiger partial charge < -0.3 is 9.72 Å². The lowest BCUT2D eigenvalue weighted by molar-refractivity contribution is -0.137. The Balaban J connectivity index is 1.99. The zero-order valence-electron chi connectivity index (χ0n) is 13.8. The number of ether oxygens (including phenoxy) is 1. The number of methoxy groups -OCH3 is 1. The molecule has 0 aliphatic rings. The molecule has 0 fully saturated rings. The number of rotatable bonds is 6. The molecule has 0 amide bonds. The first-order valence-corrected chi connectivity index (χ1v) is 8.57. The lowest BCUT2D eigenvalue weighted by Gasteiger charge is -2.09. The van der Waals surface area contributed by atoms with Crippen LogP contribution in [0.25, 0.3) is 5.69 Å². The number of H-pyrrole nitrogens is 2. The van der Waals surface area contributed by atoms with E-state index in [1.807, 2.05) is 30.3 Å². The number of aromatic amines is 2. The van der Waals surface area contributed by atoms with Crippen molar-refractivity contribution in [1.82, 2.24) is 24.7 Å². The van der Waals surface area contributed by atoms with Crippen molar-refractivity contribution in [3.05, 3.63) is 68.8 Å². The largest absolute Gasteiger partial charge is 0.468 e. The summed E-state index contributed by atoms with van der Waals surface area (Å²) in [5, 5.41) is 8.79. The number of hydrogen-bond acceptors (Lipinski definition) is 7. The predicted octanol–water partition coefficient (Wildman–Crippen LogP) is 0.500. The molecule has 3 aromatic rings. The minimum Gasteiger partial charge on any atom is -0.468 e.